The summed E-state index contributed by atoms with van der Waals surface area (Å²) < 4.78 is 0.965. The molecule has 4 atom stereocenters. The van der Waals surface area contributed by atoms with Crippen LogP contribution in [0, 0.1) is 0 Å². The van der Waals surface area contributed by atoms with E-state index in [1.807, 2.05) is 0 Å². The van der Waals surface area contributed by atoms with Crippen LogP contribution in [0.15, 0.2) is 60.7 Å². The van der Waals surface area contributed by atoms with Crippen LogP contribution in [0.5, 0.6) is 0 Å². The molecule has 1 spiro atoms. The van der Waals surface area contributed by atoms with E-state index in [1.54, 1.807) is 0 Å². The quantitative estimate of drug-likeness (QED) is 0.601. The molecule has 0 bridgehead atoms. The van der Waals surface area contributed by atoms with E-state index in [1.165, 1.54) is 43.4 Å². The lowest BCUT2D eigenvalue weighted by Gasteiger charge is -2.55. The van der Waals surface area contributed by atoms with Gasteiger partial charge < -0.3 is 0 Å². The maximum atomic E-state index is 6.64. The van der Waals surface area contributed by atoms with Crippen LogP contribution in [0.1, 0.15) is 48.8 Å². The Morgan fingerprint density at radius 3 is 2.24 bits per heavy atom. The summed E-state index contributed by atoms with van der Waals surface area (Å²) in [4.78, 5) is 0. The molecular weight excluding hydrogens is 328 g/mol. The van der Waals surface area contributed by atoms with Gasteiger partial charge in [-0.1, -0.05) is 60.7 Å². The molecule has 3 heteroatoms. The zero-order valence-corrected chi connectivity index (χ0v) is 15.5. The number of piperidine rings is 1. The van der Waals surface area contributed by atoms with Crippen LogP contribution in [0.3, 0.4) is 0 Å². The summed E-state index contributed by atoms with van der Waals surface area (Å²) in [5.41, 5.74) is 6.84. The van der Waals surface area contributed by atoms with Gasteiger partial charge in [-0.05, 0) is 24.8 Å². The van der Waals surface area contributed by atoms with E-state index in [0.29, 0.717) is 23.9 Å². The van der Waals surface area contributed by atoms with Crippen molar-refractivity contribution in [1.82, 2.24) is 5.43 Å². The minimum atomic E-state index is 0.420. The predicted molar refractivity (Wildman–Crippen MR) is 104 cm³/mol. The number of nitrogens with zero attached hydrogens (tertiary/aromatic N) is 1. The lowest BCUT2D eigenvalue weighted by Crippen LogP contribution is -2.71. The van der Waals surface area contributed by atoms with Crippen LogP contribution in [0.25, 0.3) is 0 Å². The summed E-state index contributed by atoms with van der Waals surface area (Å²) in [6.07, 6.45) is 4.98. The van der Waals surface area contributed by atoms with Crippen LogP contribution < -0.4 is 5.43 Å². The molecule has 2 fully saturated rings. The molecule has 2 saturated heterocycles. The highest BCUT2D eigenvalue weighted by Crippen LogP contribution is 2.45. The number of nitrogens with one attached hydrogen (secondary N) is 1. The van der Waals surface area contributed by atoms with Crippen molar-refractivity contribution >= 4 is 11.6 Å². The Morgan fingerprint density at radius 1 is 0.880 bits per heavy atom. The van der Waals surface area contributed by atoms with Gasteiger partial charge in [0.05, 0.1) is 12.4 Å². The minimum absolute atomic E-state index is 0.420. The first-order valence-electron chi connectivity index (χ1n) is 9.63. The molecule has 0 amide bonds. The standard InChI is InChI=1S/C22H28ClN2/c23-17-22-20(18-9-3-1-4-10-18)13-8-16-25(22)21(14-7-15-24-25)19-11-5-2-6-12-19/h1-6,9-12,20-22,24H,7-8,13-17H2/q+1. The van der Waals surface area contributed by atoms with Gasteiger partial charge in [-0.3, -0.25) is 0 Å². The average Bonchev–Trinajstić information content (AvgIpc) is 2.69. The highest BCUT2D eigenvalue weighted by molar-refractivity contribution is 6.18. The van der Waals surface area contributed by atoms with Gasteiger partial charge in [0, 0.05) is 24.4 Å². The number of quaternary nitrogens is 1. The number of hydrogen-bond donors (Lipinski definition) is 1. The van der Waals surface area contributed by atoms with Crippen molar-refractivity contribution < 1.29 is 4.59 Å². The topological polar surface area (TPSA) is 12.0 Å². The van der Waals surface area contributed by atoms with Gasteiger partial charge in [0.1, 0.15) is 12.1 Å². The Balaban J connectivity index is 1.74. The summed E-state index contributed by atoms with van der Waals surface area (Å²) in [5.74, 6) is 1.24. The first kappa shape index (κ1) is 17.1. The van der Waals surface area contributed by atoms with Crippen molar-refractivity contribution in [3.05, 3.63) is 71.8 Å². The smallest absolute Gasteiger partial charge is 0.132 e. The second-order valence-electron chi connectivity index (χ2n) is 7.51. The molecule has 4 unspecified atom stereocenters. The van der Waals surface area contributed by atoms with E-state index < -0.39 is 0 Å². The second-order valence-corrected chi connectivity index (χ2v) is 7.82. The van der Waals surface area contributed by atoms with Gasteiger partial charge in [-0.15, -0.1) is 11.6 Å². The first-order chi connectivity index (χ1) is 12.3. The number of benzene rings is 2. The molecule has 4 rings (SSSR count). The molecule has 2 aromatic carbocycles. The van der Waals surface area contributed by atoms with Crippen LogP contribution in [0.4, 0.5) is 0 Å². The van der Waals surface area contributed by atoms with Gasteiger partial charge >= 0.3 is 0 Å². The third-order valence-corrected chi connectivity index (χ3v) is 6.60. The molecule has 25 heavy (non-hydrogen) atoms. The molecular formula is C22H28ClN2+. The molecule has 0 saturated carbocycles. The maximum absolute atomic E-state index is 6.64. The number of hydrogen-bond acceptors (Lipinski definition) is 1. The maximum Gasteiger partial charge on any atom is 0.132 e. The van der Waals surface area contributed by atoms with E-state index in [4.69, 9.17) is 11.6 Å². The summed E-state index contributed by atoms with van der Waals surface area (Å²) >= 11 is 6.64. The molecule has 2 nitrogen and oxygen atoms in total. The number of halogens is 1. The highest BCUT2D eigenvalue weighted by Gasteiger charge is 2.52. The monoisotopic (exact) mass is 355 g/mol. The van der Waals surface area contributed by atoms with Gasteiger partial charge in [-0.2, -0.15) is 5.43 Å². The van der Waals surface area contributed by atoms with Crippen molar-refractivity contribution in [3.8, 4) is 0 Å². The fourth-order valence-electron chi connectivity index (χ4n) is 5.19. The van der Waals surface area contributed by atoms with E-state index in [2.05, 4.69) is 66.1 Å². The Labute approximate surface area is 156 Å². The van der Waals surface area contributed by atoms with Crippen molar-refractivity contribution in [2.45, 2.75) is 43.7 Å². The molecule has 0 aromatic heterocycles. The largest absolute Gasteiger partial charge is 0.236 e. The van der Waals surface area contributed by atoms with Gasteiger partial charge in [0.25, 0.3) is 0 Å². The molecule has 1 N–H and O–H groups in total. The van der Waals surface area contributed by atoms with Gasteiger partial charge in [0.2, 0.25) is 0 Å². The third-order valence-electron chi connectivity index (χ3n) is 6.29. The molecule has 0 aliphatic carbocycles. The molecule has 2 aromatic rings. The fraction of sp³-hybridized carbons (Fsp3) is 0.455. The van der Waals surface area contributed by atoms with E-state index in [9.17, 15) is 0 Å². The van der Waals surface area contributed by atoms with Crippen LogP contribution in [0.2, 0.25) is 0 Å². The lowest BCUT2D eigenvalue weighted by molar-refractivity contribution is -1.02. The van der Waals surface area contributed by atoms with E-state index in [-0.39, 0.29) is 0 Å². The lowest BCUT2D eigenvalue weighted by atomic mass is 9.80. The van der Waals surface area contributed by atoms with Crippen LogP contribution in [-0.2, 0) is 0 Å². The Kier molecular flexibility index (Phi) is 5.12. The SMILES string of the molecule is ClCC1C(c2ccccc2)CCC[N+]12NCCCC2c1ccccc1. The van der Waals surface area contributed by atoms with Crippen molar-refractivity contribution in [1.29, 1.82) is 0 Å². The van der Waals surface area contributed by atoms with Crippen LogP contribution in [-0.4, -0.2) is 29.6 Å². The van der Waals surface area contributed by atoms with Crippen molar-refractivity contribution in [2.75, 3.05) is 19.0 Å². The highest BCUT2D eigenvalue weighted by atomic mass is 35.5. The molecule has 2 aliphatic rings. The Morgan fingerprint density at radius 2 is 1.56 bits per heavy atom. The predicted octanol–water partition coefficient (Wildman–Crippen LogP) is 5.03. The molecule has 2 aliphatic heterocycles. The van der Waals surface area contributed by atoms with Crippen molar-refractivity contribution in [3.63, 3.8) is 0 Å². The van der Waals surface area contributed by atoms with Crippen LogP contribution >= 0.6 is 11.6 Å². The zero-order valence-electron chi connectivity index (χ0n) is 14.8. The average molecular weight is 356 g/mol. The zero-order chi connectivity index (χ0) is 17.1. The molecule has 132 valence electrons. The second kappa shape index (κ2) is 7.49. The van der Waals surface area contributed by atoms with E-state index >= 15 is 0 Å². The Hall–Kier alpha value is -1.35. The summed E-state index contributed by atoms with van der Waals surface area (Å²) in [5, 5.41) is 0. The summed E-state index contributed by atoms with van der Waals surface area (Å²) in [6, 6.07) is 23.0. The summed E-state index contributed by atoms with van der Waals surface area (Å²) in [7, 11) is 0. The number of rotatable bonds is 3. The third kappa shape index (κ3) is 3.12. The molecule has 2 heterocycles. The Bertz CT molecular complexity index is 671. The van der Waals surface area contributed by atoms with E-state index in [0.717, 1.165) is 11.1 Å². The first-order valence-corrected chi connectivity index (χ1v) is 10.2. The van der Waals surface area contributed by atoms with Gasteiger partial charge in [0.15, 0.2) is 0 Å². The normalized spacial score (nSPS) is 32.6. The van der Waals surface area contributed by atoms with Gasteiger partial charge in [-0.25, -0.2) is 4.59 Å². The minimum Gasteiger partial charge on any atom is -0.236 e. The summed E-state index contributed by atoms with van der Waals surface area (Å²) in [6.45, 7) is 2.28. The molecule has 0 radical (unpaired) electrons. The number of alkyl halides is 1. The van der Waals surface area contributed by atoms with Crippen molar-refractivity contribution in [2.24, 2.45) is 0 Å². The fourth-order valence-corrected chi connectivity index (χ4v) is 5.65.